The van der Waals surface area contributed by atoms with E-state index >= 15 is 0 Å². The summed E-state index contributed by atoms with van der Waals surface area (Å²) in [7, 11) is 0. The molecule has 1 N–H and O–H groups in total. The van der Waals surface area contributed by atoms with E-state index in [0.29, 0.717) is 5.69 Å². The predicted molar refractivity (Wildman–Crippen MR) is 71.1 cm³/mol. The highest BCUT2D eigenvalue weighted by Gasteiger charge is 2.38. The number of non-ortho nitro benzene ring substituents is 1. The largest absolute Gasteiger partial charge is 0.419 e. The Balaban J connectivity index is 2.12. The van der Waals surface area contributed by atoms with Crippen LogP contribution in [0.5, 0.6) is 0 Å². The van der Waals surface area contributed by atoms with Gasteiger partial charge in [-0.25, -0.2) is 9.59 Å². The lowest BCUT2D eigenvalue weighted by Gasteiger charge is -2.29. The Morgan fingerprint density at radius 2 is 1.67 bits per heavy atom. The number of nitro groups is 1. The number of hydrogen-bond donors (Lipinski definition) is 1. The molecule has 8 heteroatoms. The molecule has 21 heavy (non-hydrogen) atoms. The zero-order valence-corrected chi connectivity index (χ0v) is 11.3. The summed E-state index contributed by atoms with van der Waals surface area (Å²) in [6.45, 7) is 2.90. The van der Waals surface area contributed by atoms with E-state index in [1.165, 1.54) is 38.1 Å². The monoisotopic (exact) mass is 292 g/mol. The molecule has 1 aromatic carbocycles. The van der Waals surface area contributed by atoms with Crippen LogP contribution in [0.3, 0.4) is 0 Å². The van der Waals surface area contributed by atoms with Crippen molar-refractivity contribution in [2.45, 2.75) is 19.6 Å². The standard InChI is InChI=1S/C13H12N2O6/c1-13(2)20-11(16)10(12(17)21-13)7-14-8-3-5-9(6-4-8)15(18)19/h3-7,14H,1-2H3. The van der Waals surface area contributed by atoms with E-state index in [0.717, 1.165) is 6.20 Å². The highest BCUT2D eigenvalue weighted by molar-refractivity contribution is 6.15. The molecule has 2 rings (SSSR count). The molecule has 1 aromatic rings. The van der Waals surface area contributed by atoms with Crippen molar-refractivity contribution in [2.75, 3.05) is 5.32 Å². The third-order valence-electron chi connectivity index (χ3n) is 2.58. The molecule has 1 aliphatic rings. The number of carbonyl (C=O) groups is 2. The molecule has 0 amide bonds. The third-order valence-corrected chi connectivity index (χ3v) is 2.58. The normalized spacial score (nSPS) is 16.8. The molecular formula is C13H12N2O6. The second-order valence-electron chi connectivity index (χ2n) is 4.69. The Bertz CT molecular complexity index is 611. The van der Waals surface area contributed by atoms with E-state index in [9.17, 15) is 19.7 Å². The van der Waals surface area contributed by atoms with Crippen molar-refractivity contribution in [3.05, 3.63) is 46.2 Å². The summed E-state index contributed by atoms with van der Waals surface area (Å²) in [4.78, 5) is 33.3. The number of cyclic esters (lactones) is 2. The van der Waals surface area contributed by atoms with Crippen LogP contribution < -0.4 is 5.32 Å². The molecule has 8 nitrogen and oxygen atoms in total. The molecule has 1 heterocycles. The second kappa shape index (κ2) is 5.23. The highest BCUT2D eigenvalue weighted by atomic mass is 16.7. The summed E-state index contributed by atoms with van der Waals surface area (Å²) in [6.07, 6.45) is 1.14. The minimum Gasteiger partial charge on any atom is -0.419 e. The number of rotatable bonds is 3. The maximum absolute atomic E-state index is 11.7. The van der Waals surface area contributed by atoms with Crippen molar-refractivity contribution < 1.29 is 24.0 Å². The van der Waals surface area contributed by atoms with Crippen molar-refractivity contribution in [2.24, 2.45) is 0 Å². The minimum absolute atomic E-state index is 0.0635. The first-order chi connectivity index (χ1) is 9.78. The van der Waals surface area contributed by atoms with Crippen LogP contribution in [0.4, 0.5) is 11.4 Å². The average molecular weight is 292 g/mol. The van der Waals surface area contributed by atoms with Crippen LogP contribution in [0, 0.1) is 10.1 Å². The Morgan fingerprint density at radius 1 is 1.14 bits per heavy atom. The van der Waals surface area contributed by atoms with E-state index in [1.807, 2.05) is 0 Å². The van der Waals surface area contributed by atoms with Gasteiger partial charge in [0.15, 0.2) is 5.57 Å². The van der Waals surface area contributed by atoms with Crippen LogP contribution in [0.25, 0.3) is 0 Å². The lowest BCUT2D eigenvalue weighted by Crippen LogP contribution is -2.42. The Labute approximate surface area is 119 Å². The van der Waals surface area contributed by atoms with Gasteiger partial charge in [-0.3, -0.25) is 10.1 Å². The van der Waals surface area contributed by atoms with Crippen molar-refractivity contribution in [1.29, 1.82) is 0 Å². The second-order valence-corrected chi connectivity index (χ2v) is 4.69. The van der Waals surface area contributed by atoms with Crippen molar-refractivity contribution in [3.63, 3.8) is 0 Å². The summed E-state index contributed by atoms with van der Waals surface area (Å²) >= 11 is 0. The van der Waals surface area contributed by atoms with Gasteiger partial charge in [-0.15, -0.1) is 0 Å². The lowest BCUT2D eigenvalue weighted by molar-refractivity contribution is -0.384. The summed E-state index contributed by atoms with van der Waals surface area (Å²) in [5.74, 6) is -2.89. The van der Waals surface area contributed by atoms with Crippen LogP contribution in [0.15, 0.2) is 36.0 Å². The molecule has 110 valence electrons. The third kappa shape index (κ3) is 3.35. The van der Waals surface area contributed by atoms with Crippen LogP contribution in [-0.4, -0.2) is 22.6 Å². The number of ether oxygens (including phenoxy) is 2. The number of carbonyl (C=O) groups excluding carboxylic acids is 2. The molecule has 1 saturated heterocycles. The number of benzene rings is 1. The number of anilines is 1. The number of esters is 2. The zero-order chi connectivity index (χ0) is 15.6. The smallest absolute Gasteiger partial charge is 0.350 e. The fourth-order valence-electron chi connectivity index (χ4n) is 1.61. The quantitative estimate of drug-likeness (QED) is 0.297. The molecule has 0 radical (unpaired) electrons. The Kier molecular flexibility index (Phi) is 3.62. The lowest BCUT2D eigenvalue weighted by atomic mass is 10.2. The van der Waals surface area contributed by atoms with Crippen molar-refractivity contribution in [3.8, 4) is 0 Å². The Hall–Kier alpha value is -2.90. The van der Waals surface area contributed by atoms with Gasteiger partial charge in [0, 0.05) is 37.9 Å². The molecule has 0 aliphatic carbocycles. The van der Waals surface area contributed by atoms with E-state index in [1.54, 1.807) is 0 Å². The van der Waals surface area contributed by atoms with E-state index in [4.69, 9.17) is 9.47 Å². The minimum atomic E-state index is -1.29. The van der Waals surface area contributed by atoms with Crippen molar-refractivity contribution in [1.82, 2.24) is 0 Å². The van der Waals surface area contributed by atoms with Crippen LogP contribution in [0.1, 0.15) is 13.8 Å². The van der Waals surface area contributed by atoms with Gasteiger partial charge < -0.3 is 14.8 Å². The van der Waals surface area contributed by atoms with Crippen LogP contribution >= 0.6 is 0 Å². The molecule has 0 spiro atoms. The molecule has 0 unspecified atom stereocenters. The molecule has 1 fully saturated rings. The summed E-state index contributed by atoms with van der Waals surface area (Å²) in [5, 5.41) is 13.2. The van der Waals surface area contributed by atoms with Crippen molar-refractivity contribution >= 4 is 23.3 Å². The molecule has 1 aliphatic heterocycles. The first-order valence-electron chi connectivity index (χ1n) is 5.96. The van der Waals surface area contributed by atoms with Gasteiger partial charge in [-0.1, -0.05) is 0 Å². The van der Waals surface area contributed by atoms with Gasteiger partial charge in [0.25, 0.3) is 11.5 Å². The van der Waals surface area contributed by atoms with Crippen LogP contribution in [-0.2, 0) is 19.1 Å². The van der Waals surface area contributed by atoms with Gasteiger partial charge in [0.05, 0.1) is 4.92 Å². The maximum atomic E-state index is 11.7. The average Bonchev–Trinajstić information content (AvgIpc) is 2.36. The Morgan fingerprint density at radius 3 is 2.14 bits per heavy atom. The topological polar surface area (TPSA) is 108 Å². The summed E-state index contributed by atoms with van der Waals surface area (Å²) < 4.78 is 9.83. The summed E-state index contributed by atoms with van der Waals surface area (Å²) in [5.41, 5.74) is 0.123. The molecular weight excluding hydrogens is 280 g/mol. The summed E-state index contributed by atoms with van der Waals surface area (Å²) in [6, 6.07) is 5.47. The van der Waals surface area contributed by atoms with E-state index in [-0.39, 0.29) is 11.3 Å². The fourth-order valence-corrected chi connectivity index (χ4v) is 1.61. The SMILES string of the molecule is CC1(C)OC(=O)C(=CNc2ccc([N+](=O)[O-])cc2)C(=O)O1. The first-order valence-corrected chi connectivity index (χ1v) is 5.96. The number of nitrogens with zero attached hydrogens (tertiary/aromatic N) is 1. The van der Waals surface area contributed by atoms with Crippen LogP contribution in [0.2, 0.25) is 0 Å². The van der Waals surface area contributed by atoms with Gasteiger partial charge >= 0.3 is 11.9 Å². The van der Waals surface area contributed by atoms with Gasteiger partial charge in [-0.2, -0.15) is 0 Å². The highest BCUT2D eigenvalue weighted by Crippen LogP contribution is 2.23. The van der Waals surface area contributed by atoms with E-state index < -0.39 is 22.6 Å². The zero-order valence-electron chi connectivity index (χ0n) is 11.3. The number of nitrogens with one attached hydrogen (secondary N) is 1. The number of hydrogen-bond acceptors (Lipinski definition) is 7. The number of nitro benzene ring substituents is 1. The van der Waals surface area contributed by atoms with Gasteiger partial charge in [0.2, 0.25) is 0 Å². The molecule has 0 atom stereocenters. The van der Waals surface area contributed by atoms with Gasteiger partial charge in [-0.05, 0) is 12.1 Å². The van der Waals surface area contributed by atoms with E-state index in [2.05, 4.69) is 5.32 Å². The first kappa shape index (κ1) is 14.5. The van der Waals surface area contributed by atoms with Gasteiger partial charge in [0.1, 0.15) is 0 Å². The molecule has 0 bridgehead atoms. The molecule has 0 saturated carbocycles. The maximum Gasteiger partial charge on any atom is 0.350 e. The fraction of sp³-hybridized carbons (Fsp3) is 0.231. The predicted octanol–water partition coefficient (Wildman–Crippen LogP) is 1.73. The molecule has 0 aromatic heterocycles.